The van der Waals surface area contributed by atoms with E-state index in [4.69, 9.17) is 0 Å². The van der Waals surface area contributed by atoms with Crippen molar-refractivity contribution in [1.29, 1.82) is 0 Å². The number of hydrogen-bond acceptors (Lipinski definition) is 2. The molecular weight excluding hydrogens is 253 g/mol. The second-order valence-electron chi connectivity index (χ2n) is 5.38. The second-order valence-corrected chi connectivity index (χ2v) is 5.38. The molecule has 1 aromatic heterocycles. The minimum absolute atomic E-state index is 0.216. The van der Waals surface area contributed by atoms with Gasteiger partial charge in [0.2, 0.25) is 0 Å². The summed E-state index contributed by atoms with van der Waals surface area (Å²) in [6, 6.07) is 7.22. The highest BCUT2D eigenvalue weighted by molar-refractivity contribution is 5.42. The van der Waals surface area contributed by atoms with Gasteiger partial charge >= 0.3 is 0 Å². The Labute approximate surface area is 118 Å². The molecule has 0 amide bonds. The zero-order chi connectivity index (χ0) is 13.9. The molecule has 1 fully saturated rings. The van der Waals surface area contributed by atoms with Crippen LogP contribution in [0, 0.1) is 5.82 Å². The lowest BCUT2D eigenvalue weighted by molar-refractivity contribution is 0.599. The van der Waals surface area contributed by atoms with Gasteiger partial charge in [-0.05, 0) is 43.5 Å². The predicted octanol–water partition coefficient (Wildman–Crippen LogP) is 3.39. The topological polar surface area (TPSA) is 29.9 Å². The van der Waals surface area contributed by atoms with E-state index in [1.807, 2.05) is 18.3 Å². The van der Waals surface area contributed by atoms with Crippen molar-refractivity contribution in [1.82, 2.24) is 15.1 Å². The van der Waals surface area contributed by atoms with Crippen LogP contribution < -0.4 is 5.32 Å². The molecule has 20 heavy (non-hydrogen) atoms. The molecule has 3 rings (SSSR count). The number of aromatic nitrogens is 2. The summed E-state index contributed by atoms with van der Waals surface area (Å²) >= 11 is 0. The van der Waals surface area contributed by atoms with Gasteiger partial charge in [0, 0.05) is 18.7 Å². The minimum atomic E-state index is -0.216. The fraction of sp³-hybridized carbons (Fsp3) is 0.438. The molecular formula is C16H20FN3. The highest BCUT2D eigenvalue weighted by Gasteiger charge is 2.26. The molecule has 0 unspecified atom stereocenters. The molecule has 1 aromatic carbocycles. The van der Waals surface area contributed by atoms with Crippen LogP contribution in [0.4, 0.5) is 4.39 Å². The lowest BCUT2D eigenvalue weighted by atomic mass is 10.1. The van der Waals surface area contributed by atoms with E-state index in [0.717, 1.165) is 24.2 Å². The summed E-state index contributed by atoms with van der Waals surface area (Å²) in [4.78, 5) is 0. The Kier molecular flexibility index (Phi) is 3.83. The number of rotatable bonds is 6. The van der Waals surface area contributed by atoms with E-state index in [2.05, 4.69) is 17.3 Å². The number of nitrogens with zero attached hydrogens (tertiary/aromatic N) is 2. The normalized spacial score (nSPS) is 14.7. The van der Waals surface area contributed by atoms with Crippen molar-refractivity contribution in [3.05, 3.63) is 47.5 Å². The van der Waals surface area contributed by atoms with Crippen molar-refractivity contribution >= 4 is 0 Å². The van der Waals surface area contributed by atoms with E-state index >= 15 is 0 Å². The molecule has 3 nitrogen and oxygen atoms in total. The number of hydrogen-bond donors (Lipinski definition) is 1. The van der Waals surface area contributed by atoms with Gasteiger partial charge in [0.25, 0.3) is 0 Å². The zero-order valence-corrected chi connectivity index (χ0v) is 11.8. The molecule has 0 bridgehead atoms. The van der Waals surface area contributed by atoms with Gasteiger partial charge in [0.15, 0.2) is 0 Å². The van der Waals surface area contributed by atoms with Crippen LogP contribution >= 0.6 is 0 Å². The van der Waals surface area contributed by atoms with E-state index in [0.29, 0.717) is 18.2 Å². The molecule has 0 spiro atoms. The SMILES string of the molecule is CCCNCc1cccc(F)c1-n1ccc(C2CC2)n1. The first kappa shape index (κ1) is 13.3. The average Bonchev–Trinajstić information content (AvgIpc) is 3.18. The third kappa shape index (κ3) is 2.75. The Morgan fingerprint density at radius 1 is 1.35 bits per heavy atom. The van der Waals surface area contributed by atoms with Gasteiger partial charge in [-0.25, -0.2) is 9.07 Å². The number of para-hydroxylation sites is 1. The maximum Gasteiger partial charge on any atom is 0.149 e. The van der Waals surface area contributed by atoms with Gasteiger partial charge in [-0.1, -0.05) is 19.1 Å². The third-order valence-corrected chi connectivity index (χ3v) is 3.65. The number of nitrogens with one attached hydrogen (secondary N) is 1. The standard InChI is InChI=1S/C16H20FN3/c1-2-9-18-11-13-4-3-5-14(17)16(13)20-10-8-15(19-20)12-6-7-12/h3-5,8,10,12,18H,2,6-7,9,11H2,1H3. The summed E-state index contributed by atoms with van der Waals surface area (Å²) < 4.78 is 15.9. The summed E-state index contributed by atoms with van der Waals surface area (Å²) in [7, 11) is 0. The fourth-order valence-corrected chi connectivity index (χ4v) is 2.42. The lowest BCUT2D eigenvalue weighted by Crippen LogP contribution is -2.16. The van der Waals surface area contributed by atoms with Gasteiger partial charge in [-0.15, -0.1) is 0 Å². The Morgan fingerprint density at radius 3 is 2.95 bits per heavy atom. The van der Waals surface area contributed by atoms with Crippen molar-refractivity contribution in [2.45, 2.75) is 38.6 Å². The van der Waals surface area contributed by atoms with Crippen LogP contribution in [0.2, 0.25) is 0 Å². The molecule has 0 saturated heterocycles. The van der Waals surface area contributed by atoms with Crippen LogP contribution in [-0.4, -0.2) is 16.3 Å². The van der Waals surface area contributed by atoms with E-state index in [1.165, 1.54) is 18.9 Å². The van der Waals surface area contributed by atoms with E-state index in [9.17, 15) is 4.39 Å². The molecule has 0 aliphatic heterocycles. The maximum atomic E-state index is 14.2. The summed E-state index contributed by atoms with van der Waals surface area (Å²) in [5, 5.41) is 7.86. The zero-order valence-electron chi connectivity index (χ0n) is 11.8. The maximum absolute atomic E-state index is 14.2. The van der Waals surface area contributed by atoms with Crippen molar-refractivity contribution in [3.8, 4) is 5.69 Å². The van der Waals surface area contributed by atoms with E-state index in [-0.39, 0.29) is 5.82 Å². The summed E-state index contributed by atoms with van der Waals surface area (Å²) in [6.45, 7) is 3.72. The first-order valence-corrected chi connectivity index (χ1v) is 7.33. The van der Waals surface area contributed by atoms with Gasteiger partial charge in [-0.3, -0.25) is 0 Å². The predicted molar refractivity (Wildman–Crippen MR) is 77.5 cm³/mol. The van der Waals surface area contributed by atoms with Crippen LogP contribution in [0.25, 0.3) is 5.69 Å². The molecule has 1 aliphatic rings. The Hall–Kier alpha value is -1.68. The van der Waals surface area contributed by atoms with Crippen molar-refractivity contribution in [2.24, 2.45) is 0 Å². The van der Waals surface area contributed by atoms with Crippen LogP contribution in [-0.2, 0) is 6.54 Å². The smallest absolute Gasteiger partial charge is 0.149 e. The molecule has 0 atom stereocenters. The molecule has 1 N–H and O–H groups in total. The lowest BCUT2D eigenvalue weighted by Gasteiger charge is -2.11. The van der Waals surface area contributed by atoms with Gasteiger partial charge < -0.3 is 5.32 Å². The first-order valence-electron chi connectivity index (χ1n) is 7.33. The molecule has 4 heteroatoms. The van der Waals surface area contributed by atoms with Gasteiger partial charge in [0.05, 0.1) is 5.69 Å². The molecule has 0 radical (unpaired) electrons. The monoisotopic (exact) mass is 273 g/mol. The highest BCUT2D eigenvalue weighted by atomic mass is 19.1. The minimum Gasteiger partial charge on any atom is -0.313 e. The molecule has 2 aromatic rings. The van der Waals surface area contributed by atoms with Crippen LogP contribution in [0.15, 0.2) is 30.5 Å². The second kappa shape index (κ2) is 5.75. The molecule has 1 aliphatic carbocycles. The van der Waals surface area contributed by atoms with Crippen LogP contribution in [0.1, 0.15) is 43.4 Å². The first-order chi connectivity index (χ1) is 9.79. The van der Waals surface area contributed by atoms with Gasteiger partial charge in [-0.2, -0.15) is 5.10 Å². The van der Waals surface area contributed by atoms with E-state index in [1.54, 1.807) is 10.7 Å². The Bertz CT molecular complexity index is 587. The third-order valence-electron chi connectivity index (χ3n) is 3.65. The largest absolute Gasteiger partial charge is 0.313 e. The van der Waals surface area contributed by atoms with Crippen LogP contribution in [0.5, 0.6) is 0 Å². The van der Waals surface area contributed by atoms with Crippen LogP contribution in [0.3, 0.4) is 0 Å². The number of halogens is 1. The number of benzene rings is 1. The Balaban J connectivity index is 1.89. The van der Waals surface area contributed by atoms with Crippen molar-refractivity contribution < 1.29 is 4.39 Å². The molecule has 1 heterocycles. The fourth-order valence-electron chi connectivity index (χ4n) is 2.42. The summed E-state index contributed by atoms with van der Waals surface area (Å²) in [6.07, 6.45) is 5.35. The molecule has 106 valence electrons. The average molecular weight is 273 g/mol. The molecule has 1 saturated carbocycles. The Morgan fingerprint density at radius 2 is 2.20 bits per heavy atom. The quantitative estimate of drug-likeness (QED) is 0.818. The summed E-state index contributed by atoms with van der Waals surface area (Å²) in [5.41, 5.74) is 2.60. The van der Waals surface area contributed by atoms with E-state index < -0.39 is 0 Å². The van der Waals surface area contributed by atoms with Crippen molar-refractivity contribution in [2.75, 3.05) is 6.54 Å². The van der Waals surface area contributed by atoms with Crippen molar-refractivity contribution in [3.63, 3.8) is 0 Å². The highest BCUT2D eigenvalue weighted by Crippen LogP contribution is 2.39. The summed E-state index contributed by atoms with van der Waals surface area (Å²) in [5.74, 6) is 0.371. The van der Waals surface area contributed by atoms with Gasteiger partial charge in [0.1, 0.15) is 11.5 Å².